The van der Waals surface area contributed by atoms with Crippen molar-refractivity contribution < 1.29 is 9.47 Å². The number of nitrogens with two attached hydrogens (primary N) is 1. The molecule has 0 aromatic heterocycles. The van der Waals surface area contributed by atoms with E-state index in [-0.39, 0.29) is 11.7 Å². The van der Waals surface area contributed by atoms with Gasteiger partial charge in [-0.15, -0.1) is 0 Å². The van der Waals surface area contributed by atoms with Crippen molar-refractivity contribution >= 4 is 0 Å². The van der Waals surface area contributed by atoms with Crippen molar-refractivity contribution in [3.8, 4) is 5.75 Å². The molecule has 1 unspecified atom stereocenters. The van der Waals surface area contributed by atoms with Crippen LogP contribution < -0.4 is 10.5 Å². The van der Waals surface area contributed by atoms with Crippen molar-refractivity contribution in [1.82, 2.24) is 0 Å². The molecule has 1 saturated carbocycles. The minimum Gasteiger partial charge on any atom is -0.490 e. The molecular weight excluding hydrogens is 262 g/mol. The quantitative estimate of drug-likeness (QED) is 0.922. The van der Waals surface area contributed by atoms with Crippen LogP contribution in [0.5, 0.6) is 5.75 Å². The molecule has 3 heteroatoms. The molecule has 1 saturated heterocycles. The van der Waals surface area contributed by atoms with E-state index in [1.165, 1.54) is 37.7 Å². The van der Waals surface area contributed by atoms with Crippen LogP contribution in [0.2, 0.25) is 0 Å². The predicted molar refractivity (Wildman–Crippen MR) is 84.5 cm³/mol. The standard InChI is InChI=1S/C18H27NO2/c1-14-5-6-17(15(11-14)13-19)21-16-7-10-20-18(12-16)8-3-2-4-9-18/h5-6,11,16H,2-4,7-10,12-13,19H2,1H3. The molecule has 2 N–H and O–H groups in total. The van der Waals surface area contributed by atoms with E-state index in [0.29, 0.717) is 6.54 Å². The van der Waals surface area contributed by atoms with Crippen molar-refractivity contribution in [2.75, 3.05) is 6.61 Å². The summed E-state index contributed by atoms with van der Waals surface area (Å²) in [5, 5.41) is 0. The zero-order valence-corrected chi connectivity index (χ0v) is 13.1. The summed E-state index contributed by atoms with van der Waals surface area (Å²) >= 11 is 0. The second-order valence-electron chi connectivity index (χ2n) is 6.64. The van der Waals surface area contributed by atoms with E-state index in [4.69, 9.17) is 15.2 Å². The van der Waals surface area contributed by atoms with Gasteiger partial charge in [-0.3, -0.25) is 0 Å². The normalized spacial score (nSPS) is 25.0. The third kappa shape index (κ3) is 3.41. The van der Waals surface area contributed by atoms with E-state index in [9.17, 15) is 0 Å². The highest BCUT2D eigenvalue weighted by Gasteiger charge is 2.39. The van der Waals surface area contributed by atoms with Gasteiger partial charge in [0.1, 0.15) is 11.9 Å². The predicted octanol–water partition coefficient (Wildman–Crippen LogP) is 3.71. The van der Waals surface area contributed by atoms with Crippen molar-refractivity contribution in [2.24, 2.45) is 5.73 Å². The first-order valence-corrected chi connectivity index (χ1v) is 8.31. The van der Waals surface area contributed by atoms with E-state index in [0.717, 1.165) is 30.8 Å². The molecular formula is C18H27NO2. The van der Waals surface area contributed by atoms with E-state index < -0.39 is 0 Å². The molecule has 1 spiro atoms. The molecule has 21 heavy (non-hydrogen) atoms. The van der Waals surface area contributed by atoms with Crippen molar-refractivity contribution in [2.45, 2.75) is 70.1 Å². The SMILES string of the molecule is Cc1ccc(OC2CCOC3(CCCCC3)C2)c(CN)c1. The monoisotopic (exact) mass is 289 g/mol. The molecule has 0 radical (unpaired) electrons. The molecule has 1 heterocycles. The molecule has 3 rings (SSSR count). The van der Waals surface area contributed by atoms with Crippen LogP contribution in [-0.4, -0.2) is 18.3 Å². The van der Waals surface area contributed by atoms with Gasteiger partial charge < -0.3 is 15.2 Å². The highest BCUT2D eigenvalue weighted by Crippen LogP contribution is 2.39. The largest absolute Gasteiger partial charge is 0.490 e. The molecule has 1 aromatic carbocycles. The molecule has 2 fully saturated rings. The summed E-state index contributed by atoms with van der Waals surface area (Å²) in [6.45, 7) is 3.45. The molecule has 1 aliphatic heterocycles. The van der Waals surface area contributed by atoms with Gasteiger partial charge in [-0.25, -0.2) is 0 Å². The van der Waals surface area contributed by atoms with Crippen molar-refractivity contribution in [1.29, 1.82) is 0 Å². The number of hydrogen-bond acceptors (Lipinski definition) is 3. The lowest BCUT2D eigenvalue weighted by Gasteiger charge is -2.43. The van der Waals surface area contributed by atoms with Crippen LogP contribution in [-0.2, 0) is 11.3 Å². The lowest BCUT2D eigenvalue weighted by Crippen LogP contribution is -2.45. The third-order valence-corrected chi connectivity index (χ3v) is 4.94. The van der Waals surface area contributed by atoms with Crippen molar-refractivity contribution in [3.05, 3.63) is 29.3 Å². The Hall–Kier alpha value is -1.06. The highest BCUT2D eigenvalue weighted by molar-refractivity contribution is 5.37. The zero-order valence-electron chi connectivity index (χ0n) is 13.1. The zero-order chi connectivity index (χ0) is 14.7. The van der Waals surface area contributed by atoms with Crippen LogP contribution in [0.25, 0.3) is 0 Å². The van der Waals surface area contributed by atoms with E-state index >= 15 is 0 Å². The lowest BCUT2D eigenvalue weighted by atomic mass is 9.79. The Kier molecular flexibility index (Phi) is 4.51. The number of rotatable bonds is 3. The number of hydrogen-bond donors (Lipinski definition) is 1. The van der Waals surface area contributed by atoms with Crippen LogP contribution >= 0.6 is 0 Å². The van der Waals surface area contributed by atoms with Gasteiger partial charge in [0.25, 0.3) is 0 Å². The van der Waals surface area contributed by atoms with Gasteiger partial charge >= 0.3 is 0 Å². The Labute approximate surface area is 127 Å². The highest BCUT2D eigenvalue weighted by atomic mass is 16.5. The van der Waals surface area contributed by atoms with Crippen LogP contribution in [0, 0.1) is 6.92 Å². The Morgan fingerprint density at radius 2 is 2.10 bits per heavy atom. The summed E-state index contributed by atoms with van der Waals surface area (Å²) in [5.74, 6) is 0.959. The molecule has 116 valence electrons. The number of aryl methyl sites for hydroxylation is 1. The molecule has 2 aliphatic rings. The summed E-state index contributed by atoms with van der Waals surface area (Å²) < 4.78 is 12.4. The number of ether oxygens (including phenoxy) is 2. The molecule has 1 aliphatic carbocycles. The molecule has 0 amide bonds. The van der Waals surface area contributed by atoms with Gasteiger partial charge in [0, 0.05) is 24.9 Å². The van der Waals surface area contributed by atoms with Crippen LogP contribution in [0.3, 0.4) is 0 Å². The average Bonchev–Trinajstić information content (AvgIpc) is 2.50. The Morgan fingerprint density at radius 1 is 1.29 bits per heavy atom. The van der Waals surface area contributed by atoms with Gasteiger partial charge in [0.2, 0.25) is 0 Å². The van der Waals surface area contributed by atoms with Gasteiger partial charge in [0.05, 0.1) is 12.2 Å². The van der Waals surface area contributed by atoms with E-state index in [2.05, 4.69) is 25.1 Å². The number of benzene rings is 1. The average molecular weight is 289 g/mol. The second kappa shape index (κ2) is 6.37. The first-order chi connectivity index (χ1) is 10.2. The van der Waals surface area contributed by atoms with E-state index in [1.54, 1.807) is 0 Å². The molecule has 1 atom stereocenters. The minimum absolute atomic E-state index is 0.0920. The summed E-state index contributed by atoms with van der Waals surface area (Å²) in [5.41, 5.74) is 8.29. The maximum Gasteiger partial charge on any atom is 0.124 e. The molecule has 3 nitrogen and oxygen atoms in total. The minimum atomic E-state index is 0.0920. The first kappa shape index (κ1) is 14.9. The Morgan fingerprint density at radius 3 is 2.86 bits per heavy atom. The topological polar surface area (TPSA) is 44.5 Å². The summed E-state index contributed by atoms with van der Waals surface area (Å²) in [4.78, 5) is 0. The first-order valence-electron chi connectivity index (χ1n) is 8.31. The fraction of sp³-hybridized carbons (Fsp3) is 0.667. The maximum absolute atomic E-state index is 6.30. The fourth-order valence-electron chi connectivity index (χ4n) is 3.79. The van der Waals surface area contributed by atoms with Gasteiger partial charge in [-0.1, -0.05) is 37.0 Å². The lowest BCUT2D eigenvalue weighted by molar-refractivity contribution is -0.129. The summed E-state index contributed by atoms with van der Waals surface area (Å²) in [7, 11) is 0. The maximum atomic E-state index is 6.30. The van der Waals surface area contributed by atoms with Crippen LogP contribution in [0.15, 0.2) is 18.2 Å². The van der Waals surface area contributed by atoms with Crippen LogP contribution in [0.1, 0.15) is 56.1 Å². The molecule has 1 aromatic rings. The smallest absolute Gasteiger partial charge is 0.124 e. The van der Waals surface area contributed by atoms with Crippen molar-refractivity contribution in [3.63, 3.8) is 0 Å². The summed E-state index contributed by atoms with van der Waals surface area (Å²) in [6.07, 6.45) is 8.63. The Bertz CT molecular complexity index is 475. The Balaban J connectivity index is 1.70. The second-order valence-corrected chi connectivity index (χ2v) is 6.64. The van der Waals surface area contributed by atoms with E-state index in [1.807, 2.05) is 0 Å². The van der Waals surface area contributed by atoms with Gasteiger partial charge in [-0.2, -0.15) is 0 Å². The fourth-order valence-corrected chi connectivity index (χ4v) is 3.79. The third-order valence-electron chi connectivity index (χ3n) is 4.94. The van der Waals surface area contributed by atoms with Gasteiger partial charge in [-0.05, 0) is 25.8 Å². The molecule has 0 bridgehead atoms. The van der Waals surface area contributed by atoms with Crippen LogP contribution in [0.4, 0.5) is 0 Å². The van der Waals surface area contributed by atoms with Gasteiger partial charge in [0.15, 0.2) is 0 Å². The summed E-state index contributed by atoms with van der Waals surface area (Å²) in [6, 6.07) is 6.30.